The van der Waals surface area contributed by atoms with E-state index >= 15 is 0 Å². The molecule has 0 radical (unpaired) electrons. The Bertz CT molecular complexity index is 322. The molecule has 1 aliphatic carbocycles. The molecule has 0 heterocycles. The van der Waals surface area contributed by atoms with Crippen molar-refractivity contribution in [2.24, 2.45) is 10.8 Å². The van der Waals surface area contributed by atoms with Gasteiger partial charge in [-0.2, -0.15) is 0 Å². The molecule has 0 saturated carbocycles. The summed E-state index contributed by atoms with van der Waals surface area (Å²) in [6.07, 6.45) is 13.0. The Kier molecular flexibility index (Phi) is 5.85. The summed E-state index contributed by atoms with van der Waals surface area (Å²) < 4.78 is 0. The lowest BCUT2D eigenvalue weighted by Gasteiger charge is -2.46. The van der Waals surface area contributed by atoms with E-state index in [-0.39, 0.29) is 16.9 Å². The Labute approximate surface area is 119 Å². The predicted molar refractivity (Wildman–Crippen MR) is 84.2 cm³/mol. The van der Waals surface area contributed by atoms with E-state index in [0.29, 0.717) is 0 Å². The first kappa shape index (κ1) is 16.5. The Hall–Kier alpha value is -0.560. The highest BCUT2D eigenvalue weighted by Gasteiger charge is 2.44. The van der Waals surface area contributed by atoms with Crippen LogP contribution in [0.2, 0.25) is 0 Å². The first-order valence-electron chi connectivity index (χ1n) is 7.96. The number of aliphatic hydroxyl groups excluding tert-OH is 1. The number of allylic oxidation sites excluding steroid dienone is 2. The third-order valence-electron chi connectivity index (χ3n) is 4.42. The average molecular weight is 264 g/mol. The molecule has 1 rings (SSSR count). The van der Waals surface area contributed by atoms with Crippen LogP contribution in [0.5, 0.6) is 0 Å². The quantitative estimate of drug-likeness (QED) is 0.694. The van der Waals surface area contributed by atoms with Crippen molar-refractivity contribution in [3.63, 3.8) is 0 Å². The van der Waals surface area contributed by atoms with E-state index in [1.807, 2.05) is 12.2 Å². The van der Waals surface area contributed by atoms with Crippen molar-refractivity contribution in [3.8, 4) is 0 Å². The van der Waals surface area contributed by atoms with Gasteiger partial charge in [-0.25, -0.2) is 0 Å². The van der Waals surface area contributed by atoms with Gasteiger partial charge >= 0.3 is 0 Å². The van der Waals surface area contributed by atoms with Crippen molar-refractivity contribution < 1.29 is 5.11 Å². The molecule has 0 aliphatic heterocycles. The smallest absolute Gasteiger partial charge is 0.0817 e. The SMILES string of the molecule is CCCCC1(CCCC)C(C(C)(C)C)=CC=CC1O. The van der Waals surface area contributed by atoms with Crippen molar-refractivity contribution in [1.82, 2.24) is 0 Å². The van der Waals surface area contributed by atoms with Crippen LogP contribution in [-0.4, -0.2) is 11.2 Å². The predicted octanol–water partition coefficient (Wildman–Crippen LogP) is 5.26. The summed E-state index contributed by atoms with van der Waals surface area (Å²) in [5.41, 5.74) is 1.54. The van der Waals surface area contributed by atoms with Gasteiger partial charge in [-0.05, 0) is 18.3 Å². The summed E-state index contributed by atoms with van der Waals surface area (Å²) in [7, 11) is 0. The van der Waals surface area contributed by atoms with Crippen LogP contribution in [-0.2, 0) is 0 Å². The molecule has 1 heteroatoms. The fraction of sp³-hybridized carbons (Fsp3) is 0.778. The standard InChI is InChI=1S/C18H32O/c1-6-8-13-18(14-9-7-2)15(17(3,4)5)11-10-12-16(18)19/h10-12,16,19H,6-9,13-14H2,1-5H3. The van der Waals surface area contributed by atoms with Crippen LogP contribution in [0.3, 0.4) is 0 Å². The van der Waals surface area contributed by atoms with Gasteiger partial charge in [0.05, 0.1) is 6.10 Å². The van der Waals surface area contributed by atoms with Gasteiger partial charge in [0.1, 0.15) is 0 Å². The van der Waals surface area contributed by atoms with E-state index in [1.165, 1.54) is 31.3 Å². The van der Waals surface area contributed by atoms with Gasteiger partial charge in [0.25, 0.3) is 0 Å². The molecule has 0 fully saturated rings. The van der Waals surface area contributed by atoms with Crippen LogP contribution in [0.25, 0.3) is 0 Å². The zero-order chi connectivity index (χ0) is 14.5. The molecule has 0 aromatic heterocycles. The van der Waals surface area contributed by atoms with Crippen molar-refractivity contribution >= 4 is 0 Å². The third-order valence-corrected chi connectivity index (χ3v) is 4.42. The summed E-state index contributed by atoms with van der Waals surface area (Å²) in [5, 5.41) is 10.7. The topological polar surface area (TPSA) is 20.2 Å². The highest BCUT2D eigenvalue weighted by Crippen LogP contribution is 2.50. The van der Waals surface area contributed by atoms with E-state index in [4.69, 9.17) is 0 Å². The van der Waals surface area contributed by atoms with Crippen molar-refractivity contribution in [3.05, 3.63) is 23.8 Å². The van der Waals surface area contributed by atoms with Gasteiger partial charge in [0.15, 0.2) is 0 Å². The molecule has 1 N–H and O–H groups in total. The molecule has 110 valence electrons. The molecule has 1 aliphatic rings. The van der Waals surface area contributed by atoms with Gasteiger partial charge in [0, 0.05) is 5.41 Å². The summed E-state index contributed by atoms with van der Waals surface area (Å²) in [5.74, 6) is 0. The van der Waals surface area contributed by atoms with Crippen LogP contribution in [0.15, 0.2) is 23.8 Å². The summed E-state index contributed by atoms with van der Waals surface area (Å²) >= 11 is 0. The van der Waals surface area contributed by atoms with Gasteiger partial charge in [-0.3, -0.25) is 0 Å². The Balaban J connectivity index is 3.13. The lowest BCUT2D eigenvalue weighted by atomic mass is 9.60. The van der Waals surface area contributed by atoms with E-state index in [9.17, 15) is 5.11 Å². The number of aliphatic hydroxyl groups is 1. The monoisotopic (exact) mass is 264 g/mol. The second kappa shape index (κ2) is 6.74. The molecule has 0 aromatic rings. The first-order valence-corrected chi connectivity index (χ1v) is 7.96. The fourth-order valence-corrected chi connectivity index (χ4v) is 3.44. The lowest BCUT2D eigenvalue weighted by molar-refractivity contribution is 0.0541. The Morgan fingerprint density at radius 2 is 1.63 bits per heavy atom. The molecule has 1 unspecified atom stereocenters. The third kappa shape index (κ3) is 3.72. The zero-order valence-corrected chi connectivity index (χ0v) is 13.5. The maximum atomic E-state index is 10.7. The second-order valence-electron chi connectivity index (χ2n) is 7.02. The molecule has 0 amide bonds. The fourth-order valence-electron chi connectivity index (χ4n) is 3.44. The van der Waals surface area contributed by atoms with Crippen LogP contribution in [0, 0.1) is 10.8 Å². The summed E-state index contributed by atoms with van der Waals surface area (Å²) in [6.45, 7) is 11.3. The van der Waals surface area contributed by atoms with Gasteiger partial charge in [0.2, 0.25) is 0 Å². The van der Waals surface area contributed by atoms with E-state index in [2.05, 4.69) is 40.7 Å². The minimum absolute atomic E-state index is 0.0288. The molecule has 0 aromatic carbocycles. The van der Waals surface area contributed by atoms with E-state index < -0.39 is 0 Å². The molecular formula is C18H32O. The van der Waals surface area contributed by atoms with Gasteiger partial charge in [-0.15, -0.1) is 0 Å². The Morgan fingerprint density at radius 1 is 1.11 bits per heavy atom. The van der Waals surface area contributed by atoms with E-state index in [1.54, 1.807) is 0 Å². The minimum atomic E-state index is -0.315. The highest BCUT2D eigenvalue weighted by molar-refractivity contribution is 5.33. The molecular weight excluding hydrogens is 232 g/mol. The molecule has 0 saturated heterocycles. The average Bonchev–Trinajstić information content (AvgIpc) is 2.34. The van der Waals surface area contributed by atoms with Crippen molar-refractivity contribution in [2.75, 3.05) is 0 Å². The zero-order valence-electron chi connectivity index (χ0n) is 13.5. The van der Waals surface area contributed by atoms with Crippen molar-refractivity contribution in [2.45, 2.75) is 79.2 Å². The second-order valence-corrected chi connectivity index (χ2v) is 7.02. The number of hydrogen-bond donors (Lipinski definition) is 1. The molecule has 1 atom stereocenters. The number of rotatable bonds is 6. The molecule has 0 spiro atoms. The van der Waals surface area contributed by atoms with Crippen LogP contribution in [0.4, 0.5) is 0 Å². The summed E-state index contributed by atoms with van der Waals surface area (Å²) in [4.78, 5) is 0. The van der Waals surface area contributed by atoms with Crippen LogP contribution >= 0.6 is 0 Å². The van der Waals surface area contributed by atoms with Gasteiger partial charge < -0.3 is 5.11 Å². The lowest BCUT2D eigenvalue weighted by Crippen LogP contribution is -2.41. The molecule has 0 bridgehead atoms. The largest absolute Gasteiger partial charge is 0.388 e. The van der Waals surface area contributed by atoms with Crippen LogP contribution < -0.4 is 0 Å². The number of hydrogen-bond acceptors (Lipinski definition) is 1. The maximum absolute atomic E-state index is 10.7. The van der Waals surface area contributed by atoms with E-state index in [0.717, 1.165) is 12.8 Å². The van der Waals surface area contributed by atoms with Crippen molar-refractivity contribution in [1.29, 1.82) is 0 Å². The molecule has 1 nitrogen and oxygen atoms in total. The van der Waals surface area contributed by atoms with Crippen LogP contribution in [0.1, 0.15) is 73.1 Å². The van der Waals surface area contributed by atoms with Gasteiger partial charge in [-0.1, -0.05) is 84.1 Å². The number of unbranched alkanes of at least 4 members (excludes halogenated alkanes) is 2. The normalized spacial score (nSPS) is 22.4. The highest BCUT2D eigenvalue weighted by atomic mass is 16.3. The molecule has 19 heavy (non-hydrogen) atoms. The first-order chi connectivity index (χ1) is 8.88. The maximum Gasteiger partial charge on any atom is 0.0817 e. The Morgan fingerprint density at radius 3 is 2.05 bits per heavy atom. The minimum Gasteiger partial charge on any atom is -0.388 e. The summed E-state index contributed by atoms with van der Waals surface area (Å²) in [6, 6.07) is 0.